The predicted octanol–water partition coefficient (Wildman–Crippen LogP) is 2.78. The summed E-state index contributed by atoms with van der Waals surface area (Å²) in [6.45, 7) is 8.02. The molecule has 1 heterocycles. The second kappa shape index (κ2) is 6.63. The van der Waals surface area contributed by atoms with Crippen molar-refractivity contribution in [3.05, 3.63) is 48.3 Å². The van der Waals surface area contributed by atoms with Crippen molar-refractivity contribution in [2.45, 2.75) is 20.3 Å². The lowest BCUT2D eigenvalue weighted by Gasteiger charge is -2.03. The van der Waals surface area contributed by atoms with E-state index in [2.05, 4.69) is 11.6 Å². The van der Waals surface area contributed by atoms with E-state index in [0.717, 1.165) is 16.8 Å². The van der Waals surface area contributed by atoms with Gasteiger partial charge in [0, 0.05) is 6.20 Å². The fourth-order valence-electron chi connectivity index (χ4n) is 1.38. The summed E-state index contributed by atoms with van der Waals surface area (Å²) in [5.41, 5.74) is 2.52. The van der Waals surface area contributed by atoms with Crippen LogP contribution in [0.1, 0.15) is 25.1 Å². The molecule has 90 valence electrons. The minimum atomic E-state index is -0.227. The molecule has 0 radical (unpaired) electrons. The van der Waals surface area contributed by atoms with E-state index < -0.39 is 0 Å². The Morgan fingerprint density at radius 1 is 1.53 bits per heavy atom. The normalized spacial score (nSPS) is 10.5. The monoisotopic (exact) mass is 231 g/mol. The van der Waals surface area contributed by atoms with Crippen LogP contribution in [0.15, 0.2) is 37.1 Å². The van der Waals surface area contributed by atoms with Crippen molar-refractivity contribution in [2.75, 3.05) is 6.61 Å². The third-order valence-electron chi connectivity index (χ3n) is 2.18. The highest BCUT2D eigenvalue weighted by atomic mass is 16.5. The number of nitrogens with zero attached hydrogens (tertiary/aromatic N) is 1. The fraction of sp³-hybridized carbons (Fsp3) is 0.286. The van der Waals surface area contributed by atoms with E-state index in [1.807, 2.05) is 31.2 Å². The van der Waals surface area contributed by atoms with Gasteiger partial charge in [-0.25, -0.2) is 0 Å². The third-order valence-corrected chi connectivity index (χ3v) is 2.18. The first-order valence-electron chi connectivity index (χ1n) is 5.60. The number of allylic oxidation sites excluding steroid dienone is 3. The Labute approximate surface area is 102 Å². The van der Waals surface area contributed by atoms with Gasteiger partial charge in [-0.15, -0.1) is 0 Å². The van der Waals surface area contributed by atoms with Crippen LogP contribution in [0.4, 0.5) is 0 Å². The van der Waals surface area contributed by atoms with Crippen LogP contribution in [0.3, 0.4) is 0 Å². The molecule has 0 saturated carbocycles. The Morgan fingerprint density at radius 3 is 2.82 bits per heavy atom. The highest BCUT2D eigenvalue weighted by molar-refractivity contribution is 5.73. The van der Waals surface area contributed by atoms with E-state index in [1.54, 1.807) is 13.1 Å². The second-order valence-corrected chi connectivity index (χ2v) is 3.56. The van der Waals surface area contributed by atoms with Crippen LogP contribution in [0.5, 0.6) is 0 Å². The lowest BCUT2D eigenvalue weighted by Crippen LogP contribution is -2.07. The summed E-state index contributed by atoms with van der Waals surface area (Å²) >= 11 is 0. The summed E-state index contributed by atoms with van der Waals surface area (Å²) in [6.07, 6.45) is 5.75. The van der Waals surface area contributed by atoms with Crippen molar-refractivity contribution < 1.29 is 9.53 Å². The van der Waals surface area contributed by atoms with Crippen molar-refractivity contribution in [3.63, 3.8) is 0 Å². The number of aromatic nitrogens is 1. The number of hydrogen-bond donors (Lipinski definition) is 0. The maximum absolute atomic E-state index is 11.3. The zero-order chi connectivity index (χ0) is 12.7. The van der Waals surface area contributed by atoms with Gasteiger partial charge in [-0.1, -0.05) is 24.8 Å². The first-order chi connectivity index (χ1) is 8.17. The molecule has 0 aliphatic carbocycles. The number of esters is 1. The molecule has 3 nitrogen and oxygen atoms in total. The molecule has 0 saturated heterocycles. The molecule has 1 aromatic rings. The largest absolute Gasteiger partial charge is 0.466 e. The van der Waals surface area contributed by atoms with E-state index in [1.165, 1.54) is 0 Å². The number of carbonyl (C=O) groups is 1. The Bertz CT molecular complexity index is 418. The molecule has 0 atom stereocenters. The highest BCUT2D eigenvalue weighted by Crippen LogP contribution is 2.11. The van der Waals surface area contributed by atoms with Crippen molar-refractivity contribution >= 4 is 11.5 Å². The molecule has 0 bridgehead atoms. The number of pyridine rings is 1. The molecule has 3 heteroatoms. The average molecular weight is 231 g/mol. The molecule has 0 aliphatic heterocycles. The van der Waals surface area contributed by atoms with Crippen molar-refractivity contribution in [2.24, 2.45) is 0 Å². The van der Waals surface area contributed by atoms with E-state index in [4.69, 9.17) is 4.74 Å². The summed E-state index contributed by atoms with van der Waals surface area (Å²) in [4.78, 5) is 15.5. The second-order valence-electron chi connectivity index (χ2n) is 3.56. The lowest BCUT2D eigenvalue weighted by molar-refractivity contribution is -0.142. The molecular weight excluding hydrogens is 214 g/mol. The van der Waals surface area contributed by atoms with Crippen molar-refractivity contribution in [1.82, 2.24) is 4.98 Å². The molecule has 0 spiro atoms. The van der Waals surface area contributed by atoms with Gasteiger partial charge in [0.25, 0.3) is 0 Å². The zero-order valence-electron chi connectivity index (χ0n) is 10.3. The van der Waals surface area contributed by atoms with Crippen LogP contribution >= 0.6 is 0 Å². The maximum Gasteiger partial charge on any atom is 0.310 e. The Balaban J connectivity index is 2.68. The van der Waals surface area contributed by atoms with Crippen LogP contribution in [0.2, 0.25) is 0 Å². The predicted molar refractivity (Wildman–Crippen MR) is 68.4 cm³/mol. The van der Waals surface area contributed by atoms with Gasteiger partial charge in [-0.2, -0.15) is 0 Å². The van der Waals surface area contributed by atoms with E-state index in [9.17, 15) is 4.79 Å². The fourth-order valence-corrected chi connectivity index (χ4v) is 1.38. The Hall–Kier alpha value is -1.90. The molecule has 1 rings (SSSR count). The molecule has 0 amide bonds. The summed E-state index contributed by atoms with van der Waals surface area (Å²) in [7, 11) is 0. The molecule has 1 aromatic heterocycles. The molecule has 0 fully saturated rings. The van der Waals surface area contributed by atoms with Gasteiger partial charge < -0.3 is 4.74 Å². The van der Waals surface area contributed by atoms with Crippen LogP contribution in [0, 0.1) is 0 Å². The summed E-state index contributed by atoms with van der Waals surface area (Å²) < 4.78 is 4.87. The van der Waals surface area contributed by atoms with Crippen molar-refractivity contribution in [1.29, 1.82) is 0 Å². The molecule has 0 aliphatic rings. The van der Waals surface area contributed by atoms with E-state index in [0.29, 0.717) is 6.61 Å². The summed E-state index contributed by atoms with van der Waals surface area (Å²) in [5.74, 6) is -0.227. The number of hydrogen-bond acceptors (Lipinski definition) is 3. The van der Waals surface area contributed by atoms with Gasteiger partial charge in [-0.05, 0) is 31.1 Å². The van der Waals surface area contributed by atoms with Gasteiger partial charge in [0.15, 0.2) is 0 Å². The maximum atomic E-state index is 11.3. The van der Waals surface area contributed by atoms with Gasteiger partial charge >= 0.3 is 5.97 Å². The molecular formula is C14H17NO2. The first kappa shape index (κ1) is 13.2. The third kappa shape index (κ3) is 4.23. The Kier molecular flexibility index (Phi) is 5.14. The number of carbonyl (C=O) groups excluding carboxylic acids is 1. The van der Waals surface area contributed by atoms with E-state index >= 15 is 0 Å². The summed E-state index contributed by atoms with van der Waals surface area (Å²) in [6, 6.07) is 3.73. The topological polar surface area (TPSA) is 39.2 Å². The van der Waals surface area contributed by atoms with Gasteiger partial charge in [0.2, 0.25) is 0 Å². The number of ether oxygens (including phenoxy) is 1. The van der Waals surface area contributed by atoms with Crippen molar-refractivity contribution in [3.8, 4) is 0 Å². The smallest absolute Gasteiger partial charge is 0.310 e. The molecule has 0 unspecified atom stereocenters. The van der Waals surface area contributed by atoms with Gasteiger partial charge in [0.05, 0.1) is 18.7 Å². The highest BCUT2D eigenvalue weighted by Gasteiger charge is 2.04. The van der Waals surface area contributed by atoms with Gasteiger partial charge in [0.1, 0.15) is 0 Å². The SMILES string of the molecule is C=C(C=CC)c1ccc(CC(=O)OCC)cn1. The average Bonchev–Trinajstić information content (AvgIpc) is 2.30. The number of rotatable bonds is 5. The molecule has 17 heavy (non-hydrogen) atoms. The molecule has 0 N–H and O–H groups in total. The van der Waals surface area contributed by atoms with Gasteiger partial charge in [-0.3, -0.25) is 9.78 Å². The first-order valence-corrected chi connectivity index (χ1v) is 5.60. The van der Waals surface area contributed by atoms with Crippen LogP contribution < -0.4 is 0 Å². The van der Waals surface area contributed by atoms with Crippen LogP contribution in [0.25, 0.3) is 5.57 Å². The Morgan fingerprint density at radius 2 is 2.29 bits per heavy atom. The minimum absolute atomic E-state index is 0.227. The lowest BCUT2D eigenvalue weighted by atomic mass is 10.1. The van der Waals surface area contributed by atoms with E-state index in [-0.39, 0.29) is 12.4 Å². The van der Waals surface area contributed by atoms with Crippen LogP contribution in [-0.4, -0.2) is 17.6 Å². The van der Waals surface area contributed by atoms with Crippen LogP contribution in [-0.2, 0) is 16.0 Å². The summed E-state index contributed by atoms with van der Waals surface area (Å²) in [5, 5.41) is 0. The minimum Gasteiger partial charge on any atom is -0.466 e. The standard InChI is InChI=1S/C14H17NO2/c1-4-6-11(3)13-8-7-12(10-15-13)9-14(16)17-5-2/h4,6-8,10H,3,5,9H2,1-2H3. The molecule has 0 aromatic carbocycles. The zero-order valence-corrected chi connectivity index (χ0v) is 10.3. The quantitative estimate of drug-likeness (QED) is 0.578.